The molecular formula is C13H26N4. The van der Waals surface area contributed by atoms with Gasteiger partial charge in [0.15, 0.2) is 0 Å². The Labute approximate surface area is 105 Å². The van der Waals surface area contributed by atoms with Crippen LogP contribution < -0.4 is 5.84 Å². The number of piperidine rings is 1. The van der Waals surface area contributed by atoms with Gasteiger partial charge in [-0.2, -0.15) is 0 Å². The summed E-state index contributed by atoms with van der Waals surface area (Å²) in [6, 6.07) is 0.796. The summed E-state index contributed by atoms with van der Waals surface area (Å²) >= 11 is 0. The molecule has 3 rings (SSSR count). The molecule has 0 aromatic carbocycles. The predicted octanol–water partition coefficient (Wildman–Crippen LogP) is 0.208. The summed E-state index contributed by atoms with van der Waals surface area (Å²) in [6.45, 7) is 9.85. The number of nitrogens with two attached hydrogens (primary N) is 1. The van der Waals surface area contributed by atoms with Crippen molar-refractivity contribution in [1.29, 1.82) is 0 Å². The Morgan fingerprint density at radius 2 is 1.82 bits per heavy atom. The lowest BCUT2D eigenvalue weighted by Gasteiger charge is -2.64. The molecule has 2 N–H and O–H groups in total. The second kappa shape index (κ2) is 4.19. The standard InChI is InChI=1S/C13H26N4/c1-11-13(8-15(11)2)9-16(10-13)7-12-3-5-17(14)6-4-12/h11-12H,3-10,14H2,1-2H3/t11-/m0/s1. The number of rotatable bonds is 2. The van der Waals surface area contributed by atoms with Gasteiger partial charge in [-0.15, -0.1) is 0 Å². The van der Waals surface area contributed by atoms with E-state index in [1.54, 1.807) is 0 Å². The zero-order chi connectivity index (χ0) is 12.0. The topological polar surface area (TPSA) is 35.7 Å². The van der Waals surface area contributed by atoms with Gasteiger partial charge in [-0.1, -0.05) is 0 Å². The van der Waals surface area contributed by atoms with Gasteiger partial charge in [0, 0.05) is 50.7 Å². The Bertz CT molecular complexity index is 279. The van der Waals surface area contributed by atoms with Crippen LogP contribution in [0.4, 0.5) is 0 Å². The van der Waals surface area contributed by atoms with Crippen LogP contribution >= 0.6 is 0 Å². The van der Waals surface area contributed by atoms with Crippen molar-refractivity contribution in [2.24, 2.45) is 17.2 Å². The third-order valence-electron chi connectivity index (χ3n) is 5.35. The van der Waals surface area contributed by atoms with Crippen LogP contribution in [0.25, 0.3) is 0 Å². The van der Waals surface area contributed by atoms with Gasteiger partial charge in [-0.25, -0.2) is 5.01 Å². The van der Waals surface area contributed by atoms with Gasteiger partial charge in [-0.05, 0) is 32.7 Å². The van der Waals surface area contributed by atoms with Crippen molar-refractivity contribution in [2.45, 2.75) is 25.8 Å². The summed E-state index contributed by atoms with van der Waals surface area (Å²) in [7, 11) is 2.25. The van der Waals surface area contributed by atoms with Crippen LogP contribution in [0.15, 0.2) is 0 Å². The number of hydrogen-bond donors (Lipinski definition) is 1. The molecule has 3 fully saturated rings. The summed E-state index contributed by atoms with van der Waals surface area (Å²) in [5.41, 5.74) is 0.656. The van der Waals surface area contributed by atoms with Crippen LogP contribution in [-0.4, -0.2) is 67.2 Å². The first-order valence-electron chi connectivity index (χ1n) is 7.01. The lowest BCUT2D eigenvalue weighted by molar-refractivity contribution is -0.152. The van der Waals surface area contributed by atoms with E-state index >= 15 is 0 Å². The van der Waals surface area contributed by atoms with E-state index in [1.165, 1.54) is 39.0 Å². The number of nitrogens with zero attached hydrogens (tertiary/aromatic N) is 3. The Balaban J connectivity index is 1.42. The lowest BCUT2D eigenvalue weighted by Crippen LogP contribution is -2.75. The molecule has 0 unspecified atom stereocenters. The molecule has 0 aliphatic carbocycles. The van der Waals surface area contributed by atoms with E-state index in [0.717, 1.165) is 25.0 Å². The molecule has 0 bridgehead atoms. The minimum absolute atomic E-state index is 0.656. The summed E-state index contributed by atoms with van der Waals surface area (Å²) < 4.78 is 0. The molecule has 1 atom stereocenters. The zero-order valence-corrected chi connectivity index (χ0v) is 11.2. The molecule has 0 aromatic heterocycles. The van der Waals surface area contributed by atoms with Crippen LogP contribution in [0.2, 0.25) is 0 Å². The smallest absolute Gasteiger partial charge is 0.0237 e. The van der Waals surface area contributed by atoms with E-state index in [4.69, 9.17) is 5.84 Å². The lowest BCUT2D eigenvalue weighted by atomic mass is 9.66. The maximum atomic E-state index is 5.80. The van der Waals surface area contributed by atoms with Crippen LogP contribution in [0, 0.1) is 11.3 Å². The molecule has 0 aromatic rings. The highest BCUT2D eigenvalue weighted by Crippen LogP contribution is 2.44. The summed E-state index contributed by atoms with van der Waals surface area (Å²) in [4.78, 5) is 5.14. The van der Waals surface area contributed by atoms with E-state index in [-0.39, 0.29) is 0 Å². The first-order chi connectivity index (χ1) is 8.09. The Morgan fingerprint density at radius 3 is 2.35 bits per heavy atom. The van der Waals surface area contributed by atoms with Gasteiger partial charge in [0.1, 0.15) is 0 Å². The SMILES string of the molecule is C[C@@H]1N(C)CC12CN(CC1CCN(N)CC1)C2. The van der Waals surface area contributed by atoms with E-state index < -0.39 is 0 Å². The summed E-state index contributed by atoms with van der Waals surface area (Å²) in [6.07, 6.45) is 2.57. The van der Waals surface area contributed by atoms with Crippen LogP contribution in [0.1, 0.15) is 19.8 Å². The van der Waals surface area contributed by atoms with Crippen molar-refractivity contribution in [3.8, 4) is 0 Å². The predicted molar refractivity (Wildman–Crippen MR) is 69.4 cm³/mol. The van der Waals surface area contributed by atoms with Crippen molar-refractivity contribution in [3.05, 3.63) is 0 Å². The molecule has 0 saturated carbocycles. The molecule has 4 heteroatoms. The maximum Gasteiger partial charge on any atom is 0.0237 e. The normalized spacial score (nSPS) is 35.8. The van der Waals surface area contributed by atoms with Crippen LogP contribution in [0.5, 0.6) is 0 Å². The molecule has 3 aliphatic rings. The summed E-state index contributed by atoms with van der Waals surface area (Å²) in [5, 5.41) is 1.97. The highest BCUT2D eigenvalue weighted by atomic mass is 15.4. The van der Waals surface area contributed by atoms with E-state index in [2.05, 4.69) is 23.8 Å². The van der Waals surface area contributed by atoms with Crippen LogP contribution in [0.3, 0.4) is 0 Å². The van der Waals surface area contributed by atoms with Gasteiger partial charge in [0.2, 0.25) is 0 Å². The van der Waals surface area contributed by atoms with E-state index in [0.29, 0.717) is 5.41 Å². The first-order valence-corrected chi connectivity index (χ1v) is 7.01. The Kier molecular flexibility index (Phi) is 2.94. The fourth-order valence-corrected chi connectivity index (χ4v) is 3.96. The van der Waals surface area contributed by atoms with Gasteiger partial charge < -0.3 is 9.80 Å². The first kappa shape index (κ1) is 11.9. The van der Waals surface area contributed by atoms with Crippen molar-refractivity contribution in [2.75, 3.05) is 46.3 Å². The average molecular weight is 238 g/mol. The quantitative estimate of drug-likeness (QED) is 0.698. The average Bonchev–Trinajstić information content (AvgIpc) is 2.28. The van der Waals surface area contributed by atoms with Crippen molar-refractivity contribution in [1.82, 2.24) is 14.8 Å². The molecule has 0 amide bonds. The van der Waals surface area contributed by atoms with Crippen LogP contribution in [-0.2, 0) is 0 Å². The Hall–Kier alpha value is -0.160. The largest absolute Gasteiger partial charge is 0.302 e. The number of likely N-dealkylation sites (tertiary alicyclic amines) is 2. The molecule has 1 spiro atoms. The van der Waals surface area contributed by atoms with Gasteiger partial charge in [0.25, 0.3) is 0 Å². The molecule has 3 heterocycles. The highest BCUT2D eigenvalue weighted by Gasteiger charge is 2.55. The van der Waals surface area contributed by atoms with Gasteiger partial charge in [-0.3, -0.25) is 5.84 Å². The third-order valence-corrected chi connectivity index (χ3v) is 5.35. The van der Waals surface area contributed by atoms with Crippen molar-refractivity contribution >= 4 is 0 Å². The molecule has 98 valence electrons. The zero-order valence-electron chi connectivity index (χ0n) is 11.2. The van der Waals surface area contributed by atoms with Crippen molar-refractivity contribution < 1.29 is 0 Å². The molecular weight excluding hydrogens is 212 g/mol. The molecule has 4 nitrogen and oxygen atoms in total. The van der Waals surface area contributed by atoms with Gasteiger partial charge >= 0.3 is 0 Å². The second-order valence-electron chi connectivity index (χ2n) is 6.60. The highest BCUT2D eigenvalue weighted by molar-refractivity contribution is 5.10. The molecule has 0 radical (unpaired) electrons. The third kappa shape index (κ3) is 2.01. The van der Waals surface area contributed by atoms with Gasteiger partial charge in [0.05, 0.1) is 0 Å². The number of hydrazine groups is 1. The van der Waals surface area contributed by atoms with E-state index in [9.17, 15) is 0 Å². The maximum absolute atomic E-state index is 5.80. The minimum atomic E-state index is 0.656. The van der Waals surface area contributed by atoms with Crippen molar-refractivity contribution in [3.63, 3.8) is 0 Å². The monoisotopic (exact) mass is 238 g/mol. The fraction of sp³-hybridized carbons (Fsp3) is 1.00. The molecule has 17 heavy (non-hydrogen) atoms. The minimum Gasteiger partial charge on any atom is -0.302 e. The second-order valence-corrected chi connectivity index (χ2v) is 6.60. The fourth-order valence-electron chi connectivity index (χ4n) is 3.96. The Morgan fingerprint density at radius 1 is 1.18 bits per heavy atom. The molecule has 3 saturated heterocycles. The van der Waals surface area contributed by atoms with E-state index in [1.807, 2.05) is 5.01 Å². The summed E-state index contributed by atoms with van der Waals surface area (Å²) in [5.74, 6) is 6.68. The molecule has 3 aliphatic heterocycles. The number of hydrogen-bond acceptors (Lipinski definition) is 4.